The Kier molecular flexibility index (Phi) is 172. The Balaban J connectivity index is -0.0000000159. The van der Waals surface area contributed by atoms with Crippen molar-refractivity contribution in [3.8, 4) is 0 Å². The molecule has 0 fully saturated rings. The molecule has 0 heterocycles. The maximum atomic E-state index is 7.17. The van der Waals surface area contributed by atoms with Crippen LogP contribution in [-0.2, 0) is 0 Å². The molecule has 0 aliphatic heterocycles. The number of hydrogen-bond acceptors (Lipinski definition) is 24. The normalized spacial score (nSPS) is 5.84. The topological polar surface area (TPSA) is 612 Å². The summed E-state index contributed by atoms with van der Waals surface area (Å²) in [5.41, 5.74) is 0. The van der Waals surface area contributed by atoms with Crippen molar-refractivity contribution in [1.29, 1.82) is 0 Å². The minimum absolute atomic E-state index is 0. The molecule has 0 saturated heterocycles. The fraction of sp³-hybridized carbons (Fsp3) is 0. The van der Waals surface area contributed by atoms with E-state index < -0.39 is 58.6 Å². The third-order valence-electron chi connectivity index (χ3n) is 0. The van der Waals surface area contributed by atoms with E-state index in [1.54, 1.807) is 0 Å². The first-order valence-electron chi connectivity index (χ1n) is 6.20. The minimum Gasteiger partial charge on any atom is -0.412 e. The van der Waals surface area contributed by atoms with Crippen LogP contribution in [0.3, 0.4) is 0 Å². The second-order valence-electron chi connectivity index (χ2n) is 2.77. The molecule has 28 nitrogen and oxygen atoms in total. The molecule has 0 atom stereocenters. The van der Waals surface area contributed by atoms with Gasteiger partial charge >= 0.3 is 58.6 Å². The third-order valence-corrected chi connectivity index (χ3v) is 0. The van der Waals surface area contributed by atoms with Crippen LogP contribution >= 0.6 is 0 Å². The molecular weight excluding hydrogens is 557 g/mol. The Bertz CT molecular complexity index is 144. The summed E-state index contributed by atoms with van der Waals surface area (Å²) in [5.74, 6) is 0. The van der Waals surface area contributed by atoms with Gasteiger partial charge in [-0.15, -0.1) is 0 Å². The van der Waals surface area contributed by atoms with Gasteiger partial charge in [0.2, 0.25) is 0 Å². The molecule has 32 N–H and O–H groups in total. The van der Waals surface area contributed by atoms with Gasteiger partial charge in [-0.05, 0) is 0 Å². The quantitative estimate of drug-likeness (QED) is 0.116. The predicted molar refractivity (Wildman–Crippen MR) is 119 cm³/mol. The average Bonchev–Trinajstić information content (AvgIpc) is 2.30. The third kappa shape index (κ3) is 270000. The van der Waals surface area contributed by atoms with Gasteiger partial charge in [-0.2, -0.15) is 0 Å². The summed E-state index contributed by atoms with van der Waals surface area (Å²) in [6.07, 6.45) is 0. The van der Waals surface area contributed by atoms with E-state index in [-0.39, 0.29) is 51.5 Å². The molecule has 0 aromatic carbocycles. The van der Waals surface area contributed by atoms with E-state index in [4.69, 9.17) is 121 Å². The largest absolute Gasteiger partial charge is 0.631 e. The standard InChI is InChI=1S/8BH3O3.Na.4H2O/c8*2-1(3)4;;;;;/h8*2-4H;;4*1H2. The second-order valence-corrected chi connectivity index (χ2v) is 2.77. The summed E-state index contributed by atoms with van der Waals surface area (Å²) in [6, 6.07) is 0. The van der Waals surface area contributed by atoms with Crippen LogP contribution in [0, 0.1) is 0 Å². The van der Waals surface area contributed by atoms with Crippen molar-refractivity contribution in [2.45, 2.75) is 0 Å². The monoisotopic (exact) mass is 591 g/mol. The van der Waals surface area contributed by atoms with Crippen LogP contribution in [0.1, 0.15) is 0 Å². The molecule has 0 aromatic heterocycles. The zero-order valence-electron chi connectivity index (χ0n) is 18.4. The van der Waals surface area contributed by atoms with E-state index in [2.05, 4.69) is 0 Å². The molecule has 37 heteroatoms. The van der Waals surface area contributed by atoms with Crippen LogP contribution in [0.5, 0.6) is 0 Å². The van der Waals surface area contributed by atoms with Crippen LogP contribution in [0.25, 0.3) is 0 Å². The van der Waals surface area contributed by atoms with E-state index in [9.17, 15) is 0 Å². The van der Waals surface area contributed by atoms with Crippen molar-refractivity contribution in [2.24, 2.45) is 0 Å². The Morgan fingerprint density at radius 1 is 0.162 bits per heavy atom. The van der Waals surface area contributed by atoms with Gasteiger partial charge in [-0.3, -0.25) is 0 Å². The van der Waals surface area contributed by atoms with E-state index >= 15 is 0 Å². The molecule has 0 rings (SSSR count). The maximum absolute atomic E-state index is 7.17. The Hall–Kier alpha value is 0.399. The SMILES string of the molecule is O.O.O.O.OB(O)O.OB(O)O.OB(O)O.OB(O)O.OB(O)O.OB(O)O.OB(O)O.OB(O)O.[Na]. The summed E-state index contributed by atoms with van der Waals surface area (Å²) in [4.78, 5) is 0. The molecule has 0 amide bonds. The van der Waals surface area contributed by atoms with Gasteiger partial charge in [0.05, 0.1) is 0 Å². The predicted octanol–water partition coefficient (Wildman–Crippen LogP) is -20.1. The molecule has 0 spiro atoms. The van der Waals surface area contributed by atoms with Gasteiger partial charge in [-0.25, -0.2) is 0 Å². The molecule has 0 saturated carbocycles. The van der Waals surface area contributed by atoms with Gasteiger partial charge in [0.1, 0.15) is 0 Å². The first-order chi connectivity index (χ1) is 13.9. The number of hydrogen-bond donors (Lipinski definition) is 24. The minimum atomic E-state index is -2.17. The van der Waals surface area contributed by atoms with Gasteiger partial charge in [0.25, 0.3) is 0 Å². The van der Waals surface area contributed by atoms with Crippen molar-refractivity contribution < 1.29 is 142 Å². The maximum Gasteiger partial charge on any atom is 0.631 e. The Morgan fingerprint density at radius 2 is 0.162 bits per heavy atom. The molecule has 0 aromatic rings. The molecule has 37 heavy (non-hydrogen) atoms. The van der Waals surface area contributed by atoms with E-state index in [1.807, 2.05) is 0 Å². The Labute approximate surface area is 230 Å². The second kappa shape index (κ2) is 76.6. The van der Waals surface area contributed by atoms with Crippen LogP contribution in [-0.4, -0.2) is 231 Å². The zero-order valence-corrected chi connectivity index (χ0v) is 20.4. The van der Waals surface area contributed by atoms with Gasteiger partial charge in [-0.1, -0.05) is 0 Å². The fourth-order valence-corrected chi connectivity index (χ4v) is 0. The molecule has 225 valence electrons. The van der Waals surface area contributed by atoms with E-state index in [0.29, 0.717) is 0 Å². The van der Waals surface area contributed by atoms with Gasteiger partial charge in [0.15, 0.2) is 0 Å². The molecule has 0 unspecified atom stereocenters. The summed E-state index contributed by atoms with van der Waals surface area (Å²) >= 11 is 0. The molecule has 1 radical (unpaired) electrons. The van der Waals surface area contributed by atoms with Crippen molar-refractivity contribution in [2.75, 3.05) is 0 Å². The first kappa shape index (κ1) is 83.2. The van der Waals surface area contributed by atoms with Gasteiger partial charge in [0, 0.05) is 29.6 Å². The van der Waals surface area contributed by atoms with Crippen LogP contribution in [0.4, 0.5) is 0 Å². The van der Waals surface area contributed by atoms with Crippen LogP contribution < -0.4 is 0 Å². The summed E-state index contributed by atoms with van der Waals surface area (Å²) in [6.45, 7) is 0. The van der Waals surface area contributed by atoms with Crippen molar-refractivity contribution >= 4 is 88.1 Å². The Morgan fingerprint density at radius 3 is 0.162 bits per heavy atom. The van der Waals surface area contributed by atoms with Gasteiger partial charge < -0.3 is 142 Å². The van der Waals surface area contributed by atoms with Crippen LogP contribution in [0.2, 0.25) is 0 Å². The number of rotatable bonds is 0. The van der Waals surface area contributed by atoms with E-state index in [1.165, 1.54) is 0 Å². The molecular formula is H32B8NaO28. The van der Waals surface area contributed by atoms with Crippen LogP contribution in [0.15, 0.2) is 0 Å². The fourth-order valence-electron chi connectivity index (χ4n) is 0. The van der Waals surface area contributed by atoms with E-state index in [0.717, 1.165) is 0 Å². The summed E-state index contributed by atoms with van der Waals surface area (Å²) in [7, 11) is -17.3. The molecule has 0 aliphatic rings. The molecule has 0 aliphatic carbocycles. The summed E-state index contributed by atoms with van der Waals surface area (Å²) in [5, 5.41) is 172. The van der Waals surface area contributed by atoms with Crippen molar-refractivity contribution in [3.05, 3.63) is 0 Å². The zero-order chi connectivity index (χ0) is 28.6. The molecule has 0 bridgehead atoms. The van der Waals surface area contributed by atoms with Crippen molar-refractivity contribution in [3.63, 3.8) is 0 Å². The summed E-state index contributed by atoms with van der Waals surface area (Å²) < 4.78 is 0. The van der Waals surface area contributed by atoms with Crippen molar-refractivity contribution in [1.82, 2.24) is 0 Å². The smallest absolute Gasteiger partial charge is 0.412 e. The average molecular weight is 590 g/mol. The first-order valence-corrected chi connectivity index (χ1v) is 6.20.